The first kappa shape index (κ1) is 21.3. The van der Waals surface area contributed by atoms with Crippen LogP contribution in [0, 0.1) is 0 Å². The van der Waals surface area contributed by atoms with Gasteiger partial charge >= 0.3 is 0 Å². The van der Waals surface area contributed by atoms with Crippen LogP contribution in [0.25, 0.3) is 0 Å². The van der Waals surface area contributed by atoms with E-state index in [-0.39, 0.29) is 41.4 Å². The highest BCUT2D eigenvalue weighted by molar-refractivity contribution is 14.0. The number of aliphatic imine (C=N–C) groups is 1. The molecule has 0 saturated heterocycles. The molecule has 1 unspecified atom stereocenters. The lowest BCUT2D eigenvalue weighted by Gasteiger charge is -2.40. The number of nitrogens with zero attached hydrogens (tertiary/aromatic N) is 1. The number of nitrogens with one attached hydrogen (secondary N) is 2. The predicted octanol–water partition coefficient (Wildman–Crippen LogP) is 2.65. The summed E-state index contributed by atoms with van der Waals surface area (Å²) in [6, 6.07) is 8.24. The summed E-state index contributed by atoms with van der Waals surface area (Å²) in [5, 5.41) is 6.57. The number of fused-ring (bicyclic) bond motifs is 1. The largest absolute Gasteiger partial charge is 0.487 e. The zero-order chi connectivity index (χ0) is 17.9. The molecule has 1 spiro atoms. The fourth-order valence-electron chi connectivity index (χ4n) is 3.79. The molecule has 146 valence electrons. The molecule has 1 saturated carbocycles. The Morgan fingerprint density at radius 3 is 2.65 bits per heavy atom. The zero-order valence-electron chi connectivity index (χ0n) is 15.3. The molecule has 6 nitrogen and oxygen atoms in total. The van der Waals surface area contributed by atoms with Crippen LogP contribution in [0.3, 0.4) is 0 Å². The van der Waals surface area contributed by atoms with Gasteiger partial charge in [0.15, 0.2) is 5.96 Å². The second-order valence-corrected chi connectivity index (χ2v) is 9.32. The third kappa shape index (κ3) is 5.25. The lowest BCUT2D eigenvalue weighted by Crippen LogP contribution is -2.47. The molecule has 3 rings (SSSR count). The highest BCUT2D eigenvalue weighted by atomic mass is 127. The molecule has 0 bridgehead atoms. The maximum atomic E-state index is 11.3. The van der Waals surface area contributed by atoms with Crippen molar-refractivity contribution in [2.45, 2.75) is 43.7 Å². The van der Waals surface area contributed by atoms with Crippen molar-refractivity contribution >= 4 is 39.8 Å². The normalized spacial score (nSPS) is 21.5. The Hall–Kier alpha value is -1.03. The van der Waals surface area contributed by atoms with Crippen molar-refractivity contribution in [3.05, 3.63) is 29.8 Å². The van der Waals surface area contributed by atoms with Gasteiger partial charge in [-0.25, -0.2) is 8.42 Å². The highest BCUT2D eigenvalue weighted by Gasteiger charge is 2.43. The number of ether oxygens (including phenoxy) is 1. The number of sulfone groups is 1. The van der Waals surface area contributed by atoms with Gasteiger partial charge in [-0.15, -0.1) is 24.0 Å². The number of hydrogen-bond donors (Lipinski definition) is 2. The number of guanidine groups is 1. The van der Waals surface area contributed by atoms with Gasteiger partial charge in [-0.05, 0) is 31.7 Å². The van der Waals surface area contributed by atoms with E-state index in [0.717, 1.165) is 30.6 Å². The lowest BCUT2D eigenvalue weighted by atomic mass is 9.86. The topological polar surface area (TPSA) is 79.8 Å². The SMILES string of the molecule is CN=C(NCCS(C)(=O)=O)NC1CC2(CCCC2)Oc2ccccc21.I. The van der Waals surface area contributed by atoms with Crippen LogP contribution in [0.15, 0.2) is 29.3 Å². The molecule has 0 radical (unpaired) electrons. The summed E-state index contributed by atoms with van der Waals surface area (Å²) in [5.41, 5.74) is 1.04. The second kappa shape index (κ2) is 8.77. The summed E-state index contributed by atoms with van der Waals surface area (Å²) in [5.74, 6) is 1.65. The highest BCUT2D eigenvalue weighted by Crippen LogP contribution is 2.46. The lowest BCUT2D eigenvalue weighted by molar-refractivity contribution is 0.0396. The van der Waals surface area contributed by atoms with Crippen molar-refractivity contribution in [1.82, 2.24) is 10.6 Å². The molecule has 1 heterocycles. The van der Waals surface area contributed by atoms with Gasteiger partial charge in [0.05, 0.1) is 11.8 Å². The van der Waals surface area contributed by atoms with E-state index in [1.54, 1.807) is 7.05 Å². The van der Waals surface area contributed by atoms with Crippen LogP contribution in [-0.2, 0) is 9.84 Å². The average Bonchev–Trinajstić information content (AvgIpc) is 3.00. The van der Waals surface area contributed by atoms with Crippen LogP contribution in [-0.4, -0.2) is 45.6 Å². The van der Waals surface area contributed by atoms with Gasteiger partial charge in [-0.3, -0.25) is 4.99 Å². The first-order valence-electron chi connectivity index (χ1n) is 8.84. The smallest absolute Gasteiger partial charge is 0.191 e. The minimum atomic E-state index is -2.99. The third-order valence-corrected chi connectivity index (χ3v) is 5.96. The fourth-order valence-corrected chi connectivity index (χ4v) is 4.26. The number of benzene rings is 1. The molecule has 1 atom stereocenters. The molecule has 26 heavy (non-hydrogen) atoms. The molecule has 1 aromatic carbocycles. The summed E-state index contributed by atoms with van der Waals surface area (Å²) >= 11 is 0. The molecule has 0 amide bonds. The van der Waals surface area contributed by atoms with Crippen molar-refractivity contribution in [3.8, 4) is 5.75 Å². The Bertz CT molecular complexity index is 746. The summed E-state index contributed by atoms with van der Waals surface area (Å²) < 4.78 is 29.0. The van der Waals surface area contributed by atoms with Gasteiger partial charge in [0.2, 0.25) is 0 Å². The van der Waals surface area contributed by atoms with Crippen LogP contribution in [0.2, 0.25) is 0 Å². The Morgan fingerprint density at radius 1 is 1.31 bits per heavy atom. The van der Waals surface area contributed by atoms with Gasteiger partial charge in [-0.1, -0.05) is 18.2 Å². The summed E-state index contributed by atoms with van der Waals surface area (Å²) in [7, 11) is -1.29. The molecule has 1 aliphatic carbocycles. The van der Waals surface area contributed by atoms with Crippen molar-refractivity contribution < 1.29 is 13.2 Å². The van der Waals surface area contributed by atoms with Crippen molar-refractivity contribution in [3.63, 3.8) is 0 Å². The van der Waals surface area contributed by atoms with Crippen molar-refractivity contribution in [2.75, 3.05) is 25.6 Å². The van der Waals surface area contributed by atoms with Crippen LogP contribution in [0.1, 0.15) is 43.7 Å². The molecule has 0 aromatic heterocycles. The van der Waals surface area contributed by atoms with Gasteiger partial charge < -0.3 is 15.4 Å². The van der Waals surface area contributed by atoms with E-state index in [1.807, 2.05) is 18.2 Å². The first-order chi connectivity index (χ1) is 11.9. The second-order valence-electron chi connectivity index (χ2n) is 7.06. The maximum absolute atomic E-state index is 11.3. The standard InChI is InChI=1S/C18H27N3O3S.HI/c1-19-17(20-11-12-25(2,22)23)21-15-13-18(9-5-6-10-18)24-16-8-4-3-7-14(15)16;/h3-4,7-8,15H,5-6,9-13H2,1-2H3,(H2,19,20,21);1H. The minimum absolute atomic E-state index is 0. The van der Waals surface area contributed by atoms with Gasteiger partial charge in [0.1, 0.15) is 21.2 Å². The average molecular weight is 493 g/mol. The van der Waals surface area contributed by atoms with E-state index in [0.29, 0.717) is 12.5 Å². The Labute approximate surface area is 173 Å². The monoisotopic (exact) mass is 493 g/mol. The van der Waals surface area contributed by atoms with Gasteiger partial charge in [0, 0.05) is 31.8 Å². The molecular weight excluding hydrogens is 465 g/mol. The maximum Gasteiger partial charge on any atom is 0.191 e. The molecule has 2 aliphatic rings. The number of rotatable bonds is 4. The van der Waals surface area contributed by atoms with E-state index in [4.69, 9.17) is 4.74 Å². The predicted molar refractivity (Wildman–Crippen MR) is 115 cm³/mol. The van der Waals surface area contributed by atoms with Crippen molar-refractivity contribution in [1.29, 1.82) is 0 Å². The molecule has 8 heteroatoms. The Morgan fingerprint density at radius 2 is 2.00 bits per heavy atom. The number of hydrogen-bond acceptors (Lipinski definition) is 4. The van der Waals surface area contributed by atoms with Crippen molar-refractivity contribution in [2.24, 2.45) is 4.99 Å². The molecule has 1 aromatic rings. The van der Waals surface area contributed by atoms with Gasteiger partial charge in [-0.2, -0.15) is 0 Å². The van der Waals surface area contributed by atoms with Crippen LogP contribution in [0.5, 0.6) is 5.75 Å². The zero-order valence-corrected chi connectivity index (χ0v) is 18.5. The summed E-state index contributed by atoms with van der Waals surface area (Å²) in [6.07, 6.45) is 6.71. The van der Waals surface area contributed by atoms with E-state index >= 15 is 0 Å². The Balaban J connectivity index is 0.00000243. The summed E-state index contributed by atoms with van der Waals surface area (Å²) in [4.78, 5) is 4.25. The van der Waals surface area contributed by atoms with Crippen LogP contribution in [0.4, 0.5) is 0 Å². The Kier molecular flexibility index (Phi) is 7.18. The van der Waals surface area contributed by atoms with Crippen LogP contribution >= 0.6 is 24.0 Å². The van der Waals surface area contributed by atoms with E-state index in [1.165, 1.54) is 19.1 Å². The van der Waals surface area contributed by atoms with E-state index in [9.17, 15) is 8.42 Å². The number of para-hydroxylation sites is 1. The first-order valence-corrected chi connectivity index (χ1v) is 10.9. The van der Waals surface area contributed by atoms with E-state index in [2.05, 4.69) is 21.7 Å². The van der Waals surface area contributed by atoms with E-state index < -0.39 is 9.84 Å². The minimum Gasteiger partial charge on any atom is -0.487 e. The number of halogens is 1. The quantitative estimate of drug-likeness (QED) is 0.383. The fraction of sp³-hybridized carbons (Fsp3) is 0.611. The summed E-state index contributed by atoms with van der Waals surface area (Å²) in [6.45, 7) is 0.342. The molecule has 2 N–H and O–H groups in total. The molecule has 1 fully saturated rings. The molecular formula is C18H28IN3O3S. The van der Waals surface area contributed by atoms with Crippen LogP contribution < -0.4 is 15.4 Å². The van der Waals surface area contributed by atoms with Gasteiger partial charge in [0.25, 0.3) is 0 Å². The third-order valence-electron chi connectivity index (χ3n) is 5.01. The molecule has 1 aliphatic heterocycles.